The van der Waals surface area contributed by atoms with E-state index < -0.39 is 0 Å². The molecule has 1 heteroatoms. The Bertz CT molecular complexity index is 137. The van der Waals surface area contributed by atoms with Crippen molar-refractivity contribution in [2.24, 2.45) is 0 Å². The molecule has 0 aliphatic rings. The molecule has 0 amide bonds. The lowest BCUT2D eigenvalue weighted by Gasteiger charge is -1.83. The van der Waals surface area contributed by atoms with Gasteiger partial charge in [-0.1, -0.05) is 37.7 Å². The summed E-state index contributed by atoms with van der Waals surface area (Å²) in [5.74, 6) is 6.01. The van der Waals surface area contributed by atoms with Gasteiger partial charge in [0.25, 0.3) is 0 Å². The Morgan fingerprint density at radius 1 is 1.50 bits per heavy atom. The van der Waals surface area contributed by atoms with Crippen LogP contribution in [0.15, 0.2) is 12.2 Å². The van der Waals surface area contributed by atoms with Crippen LogP contribution in [-0.4, -0.2) is 5.88 Å². The zero-order valence-electron chi connectivity index (χ0n) is 6.36. The van der Waals surface area contributed by atoms with Crippen LogP contribution in [0, 0.1) is 11.8 Å². The molecular formula is C9H13Cl. The monoisotopic (exact) mass is 156 g/mol. The number of unbranched alkanes of at least 4 members (excludes halogenated alkanes) is 2. The van der Waals surface area contributed by atoms with Crippen LogP contribution in [0.2, 0.25) is 0 Å². The minimum absolute atomic E-state index is 0.429. The van der Waals surface area contributed by atoms with Gasteiger partial charge in [0.15, 0.2) is 0 Å². The lowest BCUT2D eigenvalue weighted by molar-refractivity contribution is 0.815. The summed E-state index contributed by atoms with van der Waals surface area (Å²) in [7, 11) is 0. The molecule has 0 aromatic heterocycles. The first-order valence-corrected chi connectivity index (χ1v) is 4.14. The van der Waals surface area contributed by atoms with Gasteiger partial charge in [-0.05, 0) is 12.5 Å². The first-order chi connectivity index (χ1) is 4.91. The molecule has 0 saturated carbocycles. The highest BCUT2D eigenvalue weighted by molar-refractivity contribution is 6.19. The normalized spacial score (nSPS) is 9.40. The van der Waals surface area contributed by atoms with Crippen LogP contribution < -0.4 is 0 Å². The van der Waals surface area contributed by atoms with E-state index in [0.29, 0.717) is 5.88 Å². The van der Waals surface area contributed by atoms with Crippen molar-refractivity contribution in [3.63, 3.8) is 0 Å². The van der Waals surface area contributed by atoms with E-state index >= 15 is 0 Å². The van der Waals surface area contributed by atoms with Crippen molar-refractivity contribution in [3.05, 3.63) is 12.2 Å². The van der Waals surface area contributed by atoms with Crippen LogP contribution in [0.4, 0.5) is 0 Å². The molecule has 0 radical (unpaired) electrons. The van der Waals surface area contributed by atoms with Crippen molar-refractivity contribution in [1.82, 2.24) is 0 Å². The molecule has 0 saturated heterocycles. The third kappa shape index (κ3) is 7.59. The maximum Gasteiger partial charge on any atom is 0.0838 e. The average molecular weight is 157 g/mol. The Hall–Kier alpha value is -0.410. The van der Waals surface area contributed by atoms with Crippen molar-refractivity contribution < 1.29 is 0 Å². The molecule has 0 unspecified atom stereocenters. The number of alkyl halides is 1. The predicted molar refractivity (Wildman–Crippen MR) is 47.2 cm³/mol. The lowest BCUT2D eigenvalue weighted by atomic mass is 10.2. The SMILES string of the molecule is CCCC/C=C/C#CCCl. The molecule has 0 N–H and O–H groups in total. The lowest BCUT2D eigenvalue weighted by Crippen LogP contribution is -1.65. The summed E-state index contributed by atoms with van der Waals surface area (Å²) in [6.07, 6.45) is 7.58. The van der Waals surface area contributed by atoms with Gasteiger partial charge in [0.2, 0.25) is 0 Å². The predicted octanol–water partition coefficient (Wildman–Crippen LogP) is 2.98. The fourth-order valence-corrected chi connectivity index (χ4v) is 0.639. The smallest absolute Gasteiger partial charge is 0.0838 e. The molecule has 0 rings (SSSR count). The molecule has 0 nitrogen and oxygen atoms in total. The second-order valence-electron chi connectivity index (χ2n) is 2.00. The molecule has 56 valence electrons. The minimum atomic E-state index is 0.429. The fourth-order valence-electron chi connectivity index (χ4n) is 0.562. The molecule has 10 heavy (non-hydrogen) atoms. The second-order valence-corrected chi connectivity index (χ2v) is 2.27. The first-order valence-electron chi connectivity index (χ1n) is 3.61. The van der Waals surface area contributed by atoms with Gasteiger partial charge in [-0.25, -0.2) is 0 Å². The average Bonchev–Trinajstić information content (AvgIpc) is 1.97. The van der Waals surface area contributed by atoms with E-state index in [1.807, 2.05) is 6.08 Å². The molecule has 0 bridgehead atoms. The Balaban J connectivity index is 3.19. The molecular weight excluding hydrogens is 144 g/mol. The third-order valence-electron chi connectivity index (χ3n) is 1.09. The van der Waals surface area contributed by atoms with Gasteiger partial charge in [0.1, 0.15) is 0 Å². The van der Waals surface area contributed by atoms with Crippen LogP contribution in [0.3, 0.4) is 0 Å². The molecule has 0 fully saturated rings. The van der Waals surface area contributed by atoms with E-state index in [1.165, 1.54) is 12.8 Å². The third-order valence-corrected chi connectivity index (χ3v) is 1.23. The molecule has 0 heterocycles. The topological polar surface area (TPSA) is 0 Å². The van der Waals surface area contributed by atoms with Crippen molar-refractivity contribution >= 4 is 11.6 Å². The summed E-state index contributed by atoms with van der Waals surface area (Å²) >= 11 is 5.33. The number of allylic oxidation sites excluding steroid dienone is 2. The van der Waals surface area contributed by atoms with Crippen LogP contribution >= 0.6 is 11.6 Å². The van der Waals surface area contributed by atoms with Crippen molar-refractivity contribution in [2.75, 3.05) is 5.88 Å². The van der Waals surface area contributed by atoms with Gasteiger partial charge >= 0.3 is 0 Å². The standard InChI is InChI=1S/C9H13Cl/c1-2-3-4-5-6-7-8-9-10/h5-6H,2-4,9H2,1H3/b6-5+. The zero-order valence-corrected chi connectivity index (χ0v) is 7.12. The van der Waals surface area contributed by atoms with Crippen LogP contribution in [0.5, 0.6) is 0 Å². The molecule has 0 aliphatic carbocycles. The van der Waals surface area contributed by atoms with Gasteiger partial charge in [-0.3, -0.25) is 0 Å². The van der Waals surface area contributed by atoms with Gasteiger partial charge < -0.3 is 0 Å². The summed E-state index contributed by atoms with van der Waals surface area (Å²) < 4.78 is 0. The van der Waals surface area contributed by atoms with E-state index in [0.717, 1.165) is 6.42 Å². The van der Waals surface area contributed by atoms with Gasteiger partial charge in [-0.2, -0.15) is 0 Å². The Morgan fingerprint density at radius 2 is 2.30 bits per heavy atom. The van der Waals surface area contributed by atoms with Gasteiger partial charge in [0, 0.05) is 0 Å². The summed E-state index contributed by atoms with van der Waals surface area (Å²) in [4.78, 5) is 0. The van der Waals surface area contributed by atoms with Crippen molar-refractivity contribution in [3.8, 4) is 11.8 Å². The number of rotatable bonds is 3. The summed E-state index contributed by atoms with van der Waals surface area (Å²) in [6.45, 7) is 2.18. The summed E-state index contributed by atoms with van der Waals surface area (Å²) in [5.41, 5.74) is 0. The molecule has 0 spiro atoms. The van der Waals surface area contributed by atoms with Gasteiger partial charge in [-0.15, -0.1) is 11.6 Å². The van der Waals surface area contributed by atoms with E-state index in [9.17, 15) is 0 Å². The highest BCUT2D eigenvalue weighted by Gasteiger charge is 1.74. The zero-order chi connectivity index (χ0) is 7.66. The second kappa shape index (κ2) is 8.59. The van der Waals surface area contributed by atoms with E-state index in [2.05, 4.69) is 24.8 Å². The fraction of sp³-hybridized carbons (Fsp3) is 0.556. The highest BCUT2D eigenvalue weighted by atomic mass is 35.5. The van der Waals surface area contributed by atoms with Crippen molar-refractivity contribution in [1.29, 1.82) is 0 Å². The maximum absolute atomic E-state index is 5.33. The first kappa shape index (κ1) is 9.59. The van der Waals surface area contributed by atoms with E-state index in [1.54, 1.807) is 0 Å². The van der Waals surface area contributed by atoms with E-state index in [-0.39, 0.29) is 0 Å². The maximum atomic E-state index is 5.33. The molecule has 0 atom stereocenters. The summed E-state index contributed by atoms with van der Waals surface area (Å²) in [6, 6.07) is 0. The minimum Gasteiger partial charge on any atom is -0.113 e. The molecule has 0 aromatic rings. The Labute approximate surface area is 68.3 Å². The summed E-state index contributed by atoms with van der Waals surface area (Å²) in [5, 5.41) is 0. The van der Waals surface area contributed by atoms with E-state index in [4.69, 9.17) is 11.6 Å². The van der Waals surface area contributed by atoms with Crippen LogP contribution in [0.25, 0.3) is 0 Å². The number of halogens is 1. The number of hydrogen-bond donors (Lipinski definition) is 0. The number of hydrogen-bond acceptors (Lipinski definition) is 0. The molecule has 0 aromatic carbocycles. The van der Waals surface area contributed by atoms with Crippen LogP contribution in [0.1, 0.15) is 26.2 Å². The highest BCUT2D eigenvalue weighted by Crippen LogP contribution is 1.93. The van der Waals surface area contributed by atoms with Gasteiger partial charge in [0.05, 0.1) is 5.88 Å². The quantitative estimate of drug-likeness (QED) is 0.335. The largest absolute Gasteiger partial charge is 0.113 e. The Kier molecular flexibility index (Phi) is 8.24. The van der Waals surface area contributed by atoms with Crippen molar-refractivity contribution in [2.45, 2.75) is 26.2 Å². The molecule has 0 aliphatic heterocycles. The van der Waals surface area contributed by atoms with Crippen LogP contribution in [-0.2, 0) is 0 Å². The Morgan fingerprint density at radius 3 is 2.90 bits per heavy atom.